The second-order valence-corrected chi connectivity index (χ2v) is 6.58. The molecule has 8 heteroatoms. The molecular formula is C18H21N7O. The molecule has 3 aromatic rings. The highest BCUT2D eigenvalue weighted by atomic mass is 16.2. The van der Waals surface area contributed by atoms with Gasteiger partial charge in [0.1, 0.15) is 6.54 Å². The van der Waals surface area contributed by atoms with Crippen molar-refractivity contribution in [3.8, 4) is 11.4 Å². The minimum absolute atomic E-state index is 0.00222. The van der Waals surface area contributed by atoms with Gasteiger partial charge in [-0.05, 0) is 37.0 Å². The second kappa shape index (κ2) is 7.47. The lowest BCUT2D eigenvalue weighted by Gasteiger charge is -2.28. The zero-order valence-electron chi connectivity index (χ0n) is 14.4. The van der Waals surface area contributed by atoms with Gasteiger partial charge in [0.05, 0.1) is 6.04 Å². The summed E-state index contributed by atoms with van der Waals surface area (Å²) in [6.07, 6.45) is 7.15. The predicted molar refractivity (Wildman–Crippen MR) is 94.9 cm³/mol. The summed E-state index contributed by atoms with van der Waals surface area (Å²) in [4.78, 5) is 13.8. The van der Waals surface area contributed by atoms with E-state index in [-0.39, 0.29) is 24.5 Å². The molecule has 1 N–H and O–H groups in total. The van der Waals surface area contributed by atoms with Gasteiger partial charge in [0.15, 0.2) is 0 Å². The maximum atomic E-state index is 12.1. The summed E-state index contributed by atoms with van der Waals surface area (Å²) in [6, 6.07) is 12.1. The van der Waals surface area contributed by atoms with Crippen LogP contribution in [0.25, 0.3) is 11.4 Å². The molecule has 4 rings (SSSR count). The maximum Gasteiger partial charge on any atom is 0.241 e. The van der Waals surface area contributed by atoms with Crippen molar-refractivity contribution in [2.75, 3.05) is 0 Å². The first-order chi connectivity index (χ1) is 12.8. The van der Waals surface area contributed by atoms with Gasteiger partial charge in [-0.2, -0.15) is 9.90 Å². The molecular weight excluding hydrogens is 330 g/mol. The van der Waals surface area contributed by atoms with Gasteiger partial charge in [0.25, 0.3) is 0 Å². The molecule has 1 saturated carbocycles. The Balaban J connectivity index is 1.30. The van der Waals surface area contributed by atoms with Crippen molar-refractivity contribution in [1.82, 2.24) is 35.3 Å². The van der Waals surface area contributed by atoms with Crippen molar-refractivity contribution in [2.45, 2.75) is 44.3 Å². The number of tetrazole rings is 1. The van der Waals surface area contributed by atoms with Crippen LogP contribution in [0.4, 0.5) is 0 Å². The average Bonchev–Trinajstić information content (AvgIpc) is 3.35. The molecule has 0 bridgehead atoms. The minimum atomic E-state index is 0.00222. The first-order valence-electron chi connectivity index (χ1n) is 8.89. The predicted octanol–water partition coefficient (Wildman–Crippen LogP) is 1.84. The van der Waals surface area contributed by atoms with Crippen molar-refractivity contribution in [3.05, 3.63) is 48.8 Å². The van der Waals surface area contributed by atoms with E-state index in [2.05, 4.69) is 25.8 Å². The quantitative estimate of drug-likeness (QED) is 0.757. The fourth-order valence-electron chi connectivity index (χ4n) is 3.35. The number of nitrogens with zero attached hydrogens (tertiary/aromatic N) is 6. The van der Waals surface area contributed by atoms with Crippen LogP contribution < -0.4 is 5.32 Å². The molecule has 2 heterocycles. The third-order valence-electron chi connectivity index (χ3n) is 4.71. The van der Waals surface area contributed by atoms with Crippen LogP contribution in [-0.2, 0) is 11.3 Å². The van der Waals surface area contributed by atoms with Crippen LogP contribution in [0.3, 0.4) is 0 Å². The van der Waals surface area contributed by atoms with Crippen molar-refractivity contribution in [3.63, 3.8) is 0 Å². The highest BCUT2D eigenvalue weighted by Gasteiger charge is 2.25. The van der Waals surface area contributed by atoms with Gasteiger partial charge in [-0.15, -0.1) is 10.2 Å². The summed E-state index contributed by atoms with van der Waals surface area (Å²) in [5.41, 5.74) is 0.971. The Hall–Kier alpha value is -3.03. The largest absolute Gasteiger partial charge is 0.352 e. The first-order valence-corrected chi connectivity index (χ1v) is 8.89. The highest BCUT2D eigenvalue weighted by molar-refractivity contribution is 5.75. The van der Waals surface area contributed by atoms with Gasteiger partial charge in [-0.3, -0.25) is 9.48 Å². The van der Waals surface area contributed by atoms with Crippen LogP contribution in [0.15, 0.2) is 48.8 Å². The molecule has 2 aromatic heterocycles. The molecule has 0 unspecified atom stereocenters. The van der Waals surface area contributed by atoms with E-state index < -0.39 is 0 Å². The summed E-state index contributed by atoms with van der Waals surface area (Å²) in [5, 5.41) is 20.1. The number of aromatic nitrogens is 6. The third-order valence-corrected chi connectivity index (χ3v) is 4.71. The summed E-state index contributed by atoms with van der Waals surface area (Å²) in [6.45, 7) is 0.262. The van der Waals surface area contributed by atoms with Crippen molar-refractivity contribution in [2.24, 2.45) is 0 Å². The Morgan fingerprint density at radius 3 is 2.65 bits per heavy atom. The van der Waals surface area contributed by atoms with Gasteiger partial charge in [-0.1, -0.05) is 30.3 Å². The molecule has 1 aliphatic rings. The number of hydrogen-bond acceptors (Lipinski definition) is 5. The summed E-state index contributed by atoms with van der Waals surface area (Å²) in [7, 11) is 0. The Morgan fingerprint density at radius 2 is 1.92 bits per heavy atom. The number of rotatable bonds is 5. The standard InChI is InChI=1S/C18H21N7O/c26-17(13-24-12-4-11-19-24)20-15-7-9-16(10-8-15)25-22-18(21-23-25)14-5-2-1-3-6-14/h1-6,11-12,15-16H,7-10,13H2,(H,20,26). The Kier molecular flexibility index (Phi) is 4.72. The van der Waals surface area contributed by atoms with E-state index in [0.717, 1.165) is 31.2 Å². The fraction of sp³-hybridized carbons (Fsp3) is 0.389. The van der Waals surface area contributed by atoms with Crippen LogP contribution in [0.2, 0.25) is 0 Å². The number of hydrogen-bond donors (Lipinski definition) is 1. The van der Waals surface area contributed by atoms with Crippen LogP contribution in [0, 0.1) is 0 Å². The summed E-state index contributed by atoms with van der Waals surface area (Å²) in [5.74, 6) is 0.655. The Labute approximate surface area is 151 Å². The zero-order chi connectivity index (χ0) is 17.8. The number of carbonyl (C=O) groups excluding carboxylic acids is 1. The molecule has 0 spiro atoms. The lowest BCUT2D eigenvalue weighted by molar-refractivity contribution is -0.122. The van der Waals surface area contributed by atoms with E-state index in [1.807, 2.05) is 36.4 Å². The van der Waals surface area contributed by atoms with E-state index >= 15 is 0 Å². The van der Waals surface area contributed by atoms with E-state index in [1.165, 1.54) is 0 Å². The third kappa shape index (κ3) is 3.79. The van der Waals surface area contributed by atoms with Crippen LogP contribution in [-0.4, -0.2) is 41.9 Å². The topological polar surface area (TPSA) is 90.5 Å². The molecule has 26 heavy (non-hydrogen) atoms. The molecule has 1 aliphatic carbocycles. The van der Waals surface area contributed by atoms with Crippen molar-refractivity contribution >= 4 is 5.91 Å². The number of amides is 1. The lowest BCUT2D eigenvalue weighted by atomic mass is 9.91. The highest BCUT2D eigenvalue weighted by Crippen LogP contribution is 2.27. The second-order valence-electron chi connectivity index (χ2n) is 6.58. The fourth-order valence-corrected chi connectivity index (χ4v) is 3.35. The normalized spacial score (nSPS) is 20.0. The van der Waals surface area contributed by atoms with Crippen molar-refractivity contribution in [1.29, 1.82) is 0 Å². The zero-order valence-corrected chi connectivity index (χ0v) is 14.4. The van der Waals surface area contributed by atoms with E-state index in [0.29, 0.717) is 5.82 Å². The number of benzene rings is 1. The molecule has 0 saturated heterocycles. The van der Waals surface area contributed by atoms with Crippen LogP contribution in [0.1, 0.15) is 31.7 Å². The monoisotopic (exact) mass is 351 g/mol. The van der Waals surface area contributed by atoms with E-state index in [4.69, 9.17) is 0 Å². The maximum absolute atomic E-state index is 12.1. The lowest BCUT2D eigenvalue weighted by Crippen LogP contribution is -2.39. The molecule has 0 atom stereocenters. The van der Waals surface area contributed by atoms with Gasteiger partial charge in [0, 0.05) is 24.0 Å². The first kappa shape index (κ1) is 16.4. The molecule has 134 valence electrons. The van der Waals surface area contributed by atoms with Gasteiger partial charge in [0.2, 0.25) is 11.7 Å². The molecule has 1 fully saturated rings. The molecule has 8 nitrogen and oxygen atoms in total. The van der Waals surface area contributed by atoms with Gasteiger partial charge in [-0.25, -0.2) is 0 Å². The molecule has 0 radical (unpaired) electrons. The SMILES string of the molecule is O=C(Cn1cccn1)NC1CCC(n2nnc(-c3ccccc3)n2)CC1. The number of carbonyl (C=O) groups is 1. The average molecular weight is 351 g/mol. The summed E-state index contributed by atoms with van der Waals surface area (Å²) < 4.78 is 1.63. The van der Waals surface area contributed by atoms with Crippen LogP contribution in [0.5, 0.6) is 0 Å². The van der Waals surface area contributed by atoms with E-state index in [1.54, 1.807) is 21.9 Å². The van der Waals surface area contributed by atoms with E-state index in [9.17, 15) is 4.79 Å². The smallest absolute Gasteiger partial charge is 0.241 e. The minimum Gasteiger partial charge on any atom is -0.352 e. The molecule has 1 amide bonds. The van der Waals surface area contributed by atoms with Crippen LogP contribution >= 0.6 is 0 Å². The van der Waals surface area contributed by atoms with Crippen molar-refractivity contribution < 1.29 is 4.79 Å². The summed E-state index contributed by atoms with van der Waals surface area (Å²) >= 11 is 0. The Bertz CT molecular complexity index is 836. The molecule has 0 aliphatic heterocycles. The number of nitrogens with one attached hydrogen (secondary N) is 1. The molecule has 1 aromatic carbocycles. The van der Waals surface area contributed by atoms with Gasteiger partial charge >= 0.3 is 0 Å². The van der Waals surface area contributed by atoms with Gasteiger partial charge < -0.3 is 5.32 Å². The Morgan fingerprint density at radius 1 is 1.12 bits per heavy atom.